The molecule has 0 spiro atoms. The Morgan fingerprint density at radius 2 is 1.74 bits per heavy atom. The van der Waals surface area contributed by atoms with Crippen molar-refractivity contribution < 1.29 is 28.9 Å². The highest BCUT2D eigenvalue weighted by Gasteiger charge is 2.26. The molecule has 3 aromatic rings. The highest BCUT2D eigenvalue weighted by molar-refractivity contribution is 5.95. The molecule has 1 aliphatic heterocycles. The van der Waals surface area contributed by atoms with Crippen molar-refractivity contribution >= 4 is 11.9 Å². The van der Waals surface area contributed by atoms with Crippen molar-refractivity contribution in [3.05, 3.63) is 88.5 Å². The van der Waals surface area contributed by atoms with Gasteiger partial charge in [0.25, 0.3) is 5.91 Å². The topological polar surface area (TPSA) is 97.3 Å². The van der Waals surface area contributed by atoms with Crippen LogP contribution in [-0.2, 0) is 19.6 Å². The molecule has 0 aliphatic carbocycles. The number of hydrogen-bond donors (Lipinski definition) is 2. The fourth-order valence-corrected chi connectivity index (χ4v) is 3.92. The highest BCUT2D eigenvalue weighted by Crippen LogP contribution is 2.38. The maximum Gasteiger partial charge on any atom is 0.339 e. The first-order valence-corrected chi connectivity index (χ1v) is 10.8. The Morgan fingerprint density at radius 3 is 2.47 bits per heavy atom. The molecule has 1 heterocycles. The first-order chi connectivity index (χ1) is 16.5. The van der Waals surface area contributed by atoms with Gasteiger partial charge in [-0.3, -0.25) is 9.69 Å². The lowest BCUT2D eigenvalue weighted by Gasteiger charge is -2.20. The standard InChI is InChI=1S/C26H26N2O6/c1-28(15-19-9-12-22-24(34-16-33-22)23(19)26(30)31)14-18-5-3-4-6-21(18)25(29)27-13-17-7-10-20(32-2)11-8-17/h3-12H,13-16H2,1-2H3,(H,27,29)(H,30,31). The molecule has 0 radical (unpaired) electrons. The summed E-state index contributed by atoms with van der Waals surface area (Å²) < 4.78 is 15.8. The van der Waals surface area contributed by atoms with Crippen LogP contribution in [0.15, 0.2) is 60.7 Å². The quantitative estimate of drug-likeness (QED) is 0.501. The van der Waals surface area contributed by atoms with Gasteiger partial charge < -0.3 is 24.6 Å². The van der Waals surface area contributed by atoms with Crippen molar-refractivity contribution in [1.29, 1.82) is 0 Å². The second kappa shape index (κ2) is 10.3. The van der Waals surface area contributed by atoms with Crippen LogP contribution < -0.4 is 19.5 Å². The lowest BCUT2D eigenvalue weighted by molar-refractivity contribution is 0.0689. The predicted molar refractivity (Wildman–Crippen MR) is 125 cm³/mol. The van der Waals surface area contributed by atoms with E-state index in [9.17, 15) is 14.7 Å². The lowest BCUT2D eigenvalue weighted by atomic mass is 10.0. The van der Waals surface area contributed by atoms with Crippen LogP contribution >= 0.6 is 0 Å². The molecular weight excluding hydrogens is 436 g/mol. The number of hydrogen-bond acceptors (Lipinski definition) is 6. The van der Waals surface area contributed by atoms with Crippen molar-refractivity contribution in [1.82, 2.24) is 10.2 Å². The molecule has 0 saturated carbocycles. The third-order valence-corrected chi connectivity index (χ3v) is 5.59. The number of benzene rings is 3. The van der Waals surface area contributed by atoms with Gasteiger partial charge in [-0.05, 0) is 48.0 Å². The van der Waals surface area contributed by atoms with Crippen LogP contribution in [0.2, 0.25) is 0 Å². The van der Waals surface area contributed by atoms with Gasteiger partial charge in [-0.2, -0.15) is 0 Å². The second-order valence-corrected chi connectivity index (χ2v) is 8.00. The van der Waals surface area contributed by atoms with Gasteiger partial charge in [-0.15, -0.1) is 0 Å². The van der Waals surface area contributed by atoms with Gasteiger partial charge in [-0.25, -0.2) is 4.79 Å². The molecular formula is C26H26N2O6. The molecule has 0 unspecified atom stereocenters. The molecule has 0 bridgehead atoms. The Labute approximate surface area is 197 Å². The number of nitrogens with zero attached hydrogens (tertiary/aromatic N) is 1. The van der Waals surface area contributed by atoms with E-state index in [0.717, 1.165) is 16.9 Å². The lowest BCUT2D eigenvalue weighted by Crippen LogP contribution is -2.26. The number of carboxylic acids is 1. The van der Waals surface area contributed by atoms with Crippen LogP contribution in [0, 0.1) is 0 Å². The van der Waals surface area contributed by atoms with Crippen molar-refractivity contribution in [2.24, 2.45) is 0 Å². The van der Waals surface area contributed by atoms with E-state index < -0.39 is 5.97 Å². The van der Waals surface area contributed by atoms with E-state index in [1.54, 1.807) is 25.3 Å². The zero-order valence-corrected chi connectivity index (χ0v) is 19.0. The molecule has 8 heteroatoms. The van der Waals surface area contributed by atoms with E-state index >= 15 is 0 Å². The van der Waals surface area contributed by atoms with Crippen LogP contribution in [0.25, 0.3) is 0 Å². The van der Waals surface area contributed by atoms with Crippen LogP contribution in [0.3, 0.4) is 0 Å². The average molecular weight is 463 g/mol. The number of rotatable bonds is 9. The zero-order valence-electron chi connectivity index (χ0n) is 19.0. The summed E-state index contributed by atoms with van der Waals surface area (Å²) in [6.07, 6.45) is 0. The Bertz CT molecular complexity index is 1190. The molecule has 8 nitrogen and oxygen atoms in total. The Kier molecular flexibility index (Phi) is 6.98. The molecule has 2 N–H and O–H groups in total. The minimum atomic E-state index is -1.07. The highest BCUT2D eigenvalue weighted by atomic mass is 16.7. The molecule has 1 amide bonds. The summed E-state index contributed by atoms with van der Waals surface area (Å²) in [6, 6.07) is 18.4. The fourth-order valence-electron chi connectivity index (χ4n) is 3.92. The van der Waals surface area contributed by atoms with Gasteiger partial charge >= 0.3 is 5.97 Å². The number of nitrogens with one attached hydrogen (secondary N) is 1. The summed E-state index contributed by atoms with van der Waals surface area (Å²) in [7, 11) is 3.49. The second-order valence-electron chi connectivity index (χ2n) is 8.00. The first-order valence-electron chi connectivity index (χ1n) is 10.8. The number of amides is 1. The van der Waals surface area contributed by atoms with Gasteiger partial charge in [0.1, 0.15) is 11.3 Å². The molecule has 4 rings (SSSR count). The third-order valence-electron chi connectivity index (χ3n) is 5.59. The number of methoxy groups -OCH3 is 1. The van der Waals surface area contributed by atoms with Gasteiger partial charge in [0.2, 0.25) is 6.79 Å². The van der Waals surface area contributed by atoms with Crippen LogP contribution in [-0.4, -0.2) is 42.8 Å². The third kappa shape index (κ3) is 5.13. The predicted octanol–water partition coefficient (Wildman–Crippen LogP) is 3.68. The maximum absolute atomic E-state index is 12.9. The summed E-state index contributed by atoms with van der Waals surface area (Å²) in [5.74, 6) is 0.217. The fraction of sp³-hybridized carbons (Fsp3) is 0.231. The van der Waals surface area contributed by atoms with Crippen molar-refractivity contribution in [2.75, 3.05) is 21.0 Å². The number of carbonyl (C=O) groups is 2. The summed E-state index contributed by atoms with van der Waals surface area (Å²) in [5.41, 5.74) is 3.10. The molecule has 0 fully saturated rings. The zero-order chi connectivity index (χ0) is 24.1. The van der Waals surface area contributed by atoms with Crippen LogP contribution in [0.5, 0.6) is 17.2 Å². The number of fused-ring (bicyclic) bond motifs is 1. The molecule has 1 aliphatic rings. The number of carbonyl (C=O) groups excluding carboxylic acids is 1. The van der Waals surface area contributed by atoms with E-state index in [-0.39, 0.29) is 24.0 Å². The van der Waals surface area contributed by atoms with Crippen molar-refractivity contribution in [3.8, 4) is 17.2 Å². The number of aromatic carboxylic acids is 1. The SMILES string of the molecule is COc1ccc(CNC(=O)c2ccccc2CN(C)Cc2ccc3c(c2C(=O)O)OCO3)cc1. The van der Waals surface area contributed by atoms with Crippen molar-refractivity contribution in [2.45, 2.75) is 19.6 Å². The molecule has 0 atom stereocenters. The monoisotopic (exact) mass is 462 g/mol. The largest absolute Gasteiger partial charge is 0.497 e. The maximum atomic E-state index is 12.9. The Hall–Kier alpha value is -4.04. The summed E-state index contributed by atoms with van der Waals surface area (Å²) in [6.45, 7) is 1.22. The van der Waals surface area contributed by atoms with Gasteiger partial charge in [-0.1, -0.05) is 36.4 Å². The van der Waals surface area contributed by atoms with Crippen LogP contribution in [0.1, 0.15) is 37.4 Å². The number of ether oxygens (including phenoxy) is 3. The molecule has 176 valence electrons. The normalized spacial score (nSPS) is 12.0. The summed E-state index contributed by atoms with van der Waals surface area (Å²) >= 11 is 0. The first kappa shape index (κ1) is 23.1. The van der Waals surface area contributed by atoms with Crippen molar-refractivity contribution in [3.63, 3.8) is 0 Å². The van der Waals surface area contributed by atoms with E-state index in [0.29, 0.717) is 36.5 Å². The van der Waals surface area contributed by atoms with Crippen LogP contribution in [0.4, 0.5) is 0 Å². The molecule has 3 aromatic carbocycles. The van der Waals surface area contributed by atoms with E-state index in [1.165, 1.54) is 0 Å². The summed E-state index contributed by atoms with van der Waals surface area (Å²) in [4.78, 5) is 26.7. The average Bonchev–Trinajstić information content (AvgIpc) is 3.31. The Balaban J connectivity index is 1.45. The van der Waals surface area contributed by atoms with Gasteiger partial charge in [0.05, 0.1) is 7.11 Å². The number of carboxylic acid groups (broad SMARTS) is 1. The molecule has 0 saturated heterocycles. The van der Waals surface area contributed by atoms with Gasteiger partial charge in [0.15, 0.2) is 11.5 Å². The van der Waals surface area contributed by atoms with E-state index in [2.05, 4.69) is 5.32 Å². The van der Waals surface area contributed by atoms with E-state index in [4.69, 9.17) is 14.2 Å². The van der Waals surface area contributed by atoms with Gasteiger partial charge in [0, 0.05) is 25.2 Å². The van der Waals surface area contributed by atoms with E-state index in [1.807, 2.05) is 54.4 Å². The molecule has 34 heavy (non-hydrogen) atoms. The minimum absolute atomic E-state index is 0.00786. The smallest absolute Gasteiger partial charge is 0.339 e. The summed E-state index contributed by atoms with van der Waals surface area (Å²) in [5, 5.41) is 12.7. The minimum Gasteiger partial charge on any atom is -0.497 e. The Morgan fingerprint density at radius 1 is 1.00 bits per heavy atom. The molecule has 0 aromatic heterocycles.